The van der Waals surface area contributed by atoms with Gasteiger partial charge in [0.15, 0.2) is 11.5 Å². The molecular weight excluding hydrogens is 418 g/mol. The molecule has 2 N–H and O–H groups in total. The van der Waals surface area contributed by atoms with Crippen LogP contribution in [0.1, 0.15) is 29.8 Å². The highest BCUT2D eigenvalue weighted by molar-refractivity contribution is 6.33. The molecule has 0 aliphatic rings. The summed E-state index contributed by atoms with van der Waals surface area (Å²) in [6.07, 6.45) is 6.68. The first kappa shape index (κ1) is 23.8. The Hall–Kier alpha value is -3.50. The molecule has 0 radical (unpaired) electrons. The first-order valence-electron chi connectivity index (χ1n) is 9.50. The molecule has 0 saturated heterocycles. The highest BCUT2D eigenvalue weighted by atomic mass is 35.5. The van der Waals surface area contributed by atoms with Crippen molar-refractivity contribution in [2.24, 2.45) is 11.0 Å². The number of nitrogens with zero attached hydrogens (tertiary/aromatic N) is 1. The van der Waals surface area contributed by atoms with E-state index in [4.69, 9.17) is 27.5 Å². The summed E-state index contributed by atoms with van der Waals surface area (Å²) in [5.74, 6) is 2.18. The molecule has 0 aromatic heterocycles. The minimum Gasteiger partial charge on any atom is -0.493 e. The highest BCUT2D eigenvalue weighted by Crippen LogP contribution is 2.29. The third kappa shape index (κ3) is 6.49. The fourth-order valence-corrected chi connectivity index (χ4v) is 2.92. The van der Waals surface area contributed by atoms with Crippen LogP contribution in [0.25, 0.3) is 0 Å². The maximum Gasteiger partial charge on any atom is 0.262 e. The van der Waals surface area contributed by atoms with Gasteiger partial charge in [-0.15, -0.1) is 6.42 Å². The predicted octanol–water partition coefficient (Wildman–Crippen LogP) is 3.27. The highest BCUT2D eigenvalue weighted by Gasteiger charge is 2.25. The summed E-state index contributed by atoms with van der Waals surface area (Å²) >= 11 is 6.07. The average molecular weight is 442 g/mol. The number of carbonyl (C=O) groups excluding carboxylic acids is 2. The maximum absolute atomic E-state index is 12.7. The molecule has 2 amide bonds. The third-order valence-electron chi connectivity index (χ3n) is 4.26. The Morgan fingerprint density at radius 2 is 1.97 bits per heavy atom. The van der Waals surface area contributed by atoms with Crippen molar-refractivity contribution in [2.45, 2.75) is 19.9 Å². The lowest BCUT2D eigenvalue weighted by atomic mass is 10.0. The number of nitrogens with one attached hydrogen (secondary N) is 2. The quantitative estimate of drug-likeness (QED) is 0.355. The van der Waals surface area contributed by atoms with E-state index < -0.39 is 17.9 Å². The summed E-state index contributed by atoms with van der Waals surface area (Å²) in [6, 6.07) is 11.0. The van der Waals surface area contributed by atoms with Crippen molar-refractivity contribution < 1.29 is 19.1 Å². The summed E-state index contributed by atoms with van der Waals surface area (Å²) in [7, 11) is 1.51. The number of hydrogen-bond donors (Lipinski definition) is 2. The lowest BCUT2D eigenvalue weighted by molar-refractivity contribution is -0.123. The van der Waals surface area contributed by atoms with Crippen molar-refractivity contribution in [1.29, 1.82) is 0 Å². The van der Waals surface area contributed by atoms with Gasteiger partial charge in [0.1, 0.15) is 12.6 Å². The Morgan fingerprint density at radius 1 is 1.23 bits per heavy atom. The number of methoxy groups -OCH3 is 1. The summed E-state index contributed by atoms with van der Waals surface area (Å²) in [4.78, 5) is 25.2. The zero-order valence-electron chi connectivity index (χ0n) is 17.5. The summed E-state index contributed by atoms with van der Waals surface area (Å²) in [6.45, 7) is 3.68. The van der Waals surface area contributed by atoms with Crippen molar-refractivity contribution in [3.63, 3.8) is 0 Å². The van der Waals surface area contributed by atoms with Gasteiger partial charge in [-0.1, -0.05) is 49.6 Å². The zero-order valence-corrected chi connectivity index (χ0v) is 18.3. The van der Waals surface area contributed by atoms with Gasteiger partial charge in [-0.2, -0.15) is 5.10 Å². The van der Waals surface area contributed by atoms with Gasteiger partial charge in [-0.25, -0.2) is 5.43 Å². The van der Waals surface area contributed by atoms with E-state index >= 15 is 0 Å². The molecule has 7 nitrogen and oxygen atoms in total. The molecule has 2 aromatic carbocycles. The molecule has 0 bridgehead atoms. The number of hydrogen-bond acceptors (Lipinski definition) is 5. The van der Waals surface area contributed by atoms with Crippen LogP contribution in [0.3, 0.4) is 0 Å². The van der Waals surface area contributed by atoms with Crippen molar-refractivity contribution in [2.75, 3.05) is 13.7 Å². The van der Waals surface area contributed by atoms with Gasteiger partial charge in [0.25, 0.3) is 11.8 Å². The van der Waals surface area contributed by atoms with Gasteiger partial charge in [-0.05, 0) is 30.2 Å². The van der Waals surface area contributed by atoms with Crippen LogP contribution in [-0.4, -0.2) is 37.8 Å². The standard InChI is InChI=1S/C23H24ClN3O4/c1-5-13-31-21-16(9-8-12-19(21)30-4)14-25-27-23(29)20(15(2)3)26-22(28)17-10-6-7-11-18(17)24/h1,6-12,14-15,20H,13H2,2-4H3,(H,26,28)(H,27,29). The van der Waals surface area contributed by atoms with Crippen LogP contribution >= 0.6 is 11.6 Å². The first-order chi connectivity index (χ1) is 14.9. The topological polar surface area (TPSA) is 89.0 Å². The molecule has 0 spiro atoms. The minimum atomic E-state index is -0.816. The number of amides is 2. The smallest absolute Gasteiger partial charge is 0.262 e. The van der Waals surface area contributed by atoms with E-state index in [2.05, 4.69) is 21.8 Å². The second kappa shape index (κ2) is 11.6. The normalized spacial score (nSPS) is 11.6. The molecule has 8 heteroatoms. The number of terminal acetylenes is 1. The molecular formula is C23H24ClN3O4. The number of rotatable bonds is 9. The second-order valence-electron chi connectivity index (χ2n) is 6.78. The molecule has 0 aliphatic carbocycles. The number of para-hydroxylation sites is 1. The largest absolute Gasteiger partial charge is 0.493 e. The molecule has 0 fully saturated rings. The predicted molar refractivity (Wildman–Crippen MR) is 121 cm³/mol. The van der Waals surface area contributed by atoms with Crippen LogP contribution in [0.5, 0.6) is 11.5 Å². The van der Waals surface area contributed by atoms with E-state index in [1.807, 2.05) is 13.8 Å². The monoisotopic (exact) mass is 441 g/mol. The minimum absolute atomic E-state index is 0.0527. The van der Waals surface area contributed by atoms with Crippen LogP contribution in [0.15, 0.2) is 47.6 Å². The lowest BCUT2D eigenvalue weighted by Gasteiger charge is -2.20. The van der Waals surface area contributed by atoms with Gasteiger partial charge in [0.2, 0.25) is 0 Å². The van der Waals surface area contributed by atoms with E-state index in [0.717, 1.165) is 0 Å². The zero-order chi connectivity index (χ0) is 22.8. The van der Waals surface area contributed by atoms with Gasteiger partial charge < -0.3 is 14.8 Å². The van der Waals surface area contributed by atoms with Crippen LogP contribution in [0.4, 0.5) is 0 Å². The van der Waals surface area contributed by atoms with E-state index in [1.165, 1.54) is 13.3 Å². The molecule has 31 heavy (non-hydrogen) atoms. The van der Waals surface area contributed by atoms with Crippen molar-refractivity contribution in [1.82, 2.24) is 10.7 Å². The van der Waals surface area contributed by atoms with Crippen LogP contribution < -0.4 is 20.2 Å². The van der Waals surface area contributed by atoms with Crippen LogP contribution in [-0.2, 0) is 4.79 Å². The Bertz CT molecular complexity index is 999. The molecule has 0 saturated carbocycles. The number of carbonyl (C=O) groups is 2. The Kier molecular flexibility index (Phi) is 8.92. The van der Waals surface area contributed by atoms with Crippen molar-refractivity contribution in [3.8, 4) is 23.8 Å². The Balaban J connectivity index is 2.12. The summed E-state index contributed by atoms with van der Waals surface area (Å²) in [5.41, 5.74) is 3.31. The van der Waals surface area contributed by atoms with E-state index in [-0.39, 0.29) is 18.1 Å². The maximum atomic E-state index is 12.7. The molecule has 2 rings (SSSR count). The van der Waals surface area contributed by atoms with E-state index in [0.29, 0.717) is 22.1 Å². The van der Waals surface area contributed by atoms with Crippen LogP contribution in [0, 0.1) is 18.3 Å². The SMILES string of the molecule is C#CCOc1c(C=NNC(=O)C(NC(=O)c2ccccc2Cl)C(C)C)cccc1OC. The van der Waals surface area contributed by atoms with Gasteiger partial charge in [-0.3, -0.25) is 9.59 Å². The molecule has 0 heterocycles. The Labute approximate surface area is 186 Å². The van der Waals surface area contributed by atoms with Crippen LogP contribution in [0.2, 0.25) is 5.02 Å². The number of ether oxygens (including phenoxy) is 2. The van der Waals surface area contributed by atoms with E-state index in [1.54, 1.807) is 42.5 Å². The number of hydrazone groups is 1. The second-order valence-corrected chi connectivity index (χ2v) is 7.19. The molecule has 0 aliphatic heterocycles. The van der Waals surface area contributed by atoms with Gasteiger partial charge in [0, 0.05) is 5.56 Å². The third-order valence-corrected chi connectivity index (χ3v) is 4.59. The number of benzene rings is 2. The van der Waals surface area contributed by atoms with E-state index in [9.17, 15) is 9.59 Å². The van der Waals surface area contributed by atoms with Gasteiger partial charge >= 0.3 is 0 Å². The molecule has 162 valence electrons. The number of halogens is 1. The van der Waals surface area contributed by atoms with Crippen molar-refractivity contribution in [3.05, 3.63) is 58.6 Å². The first-order valence-corrected chi connectivity index (χ1v) is 9.88. The Morgan fingerprint density at radius 3 is 2.61 bits per heavy atom. The fraction of sp³-hybridized carbons (Fsp3) is 0.261. The average Bonchev–Trinajstić information content (AvgIpc) is 2.76. The summed E-state index contributed by atoms with van der Waals surface area (Å²) < 4.78 is 10.8. The van der Waals surface area contributed by atoms with Gasteiger partial charge in [0.05, 0.1) is 23.9 Å². The van der Waals surface area contributed by atoms with Crippen molar-refractivity contribution >= 4 is 29.6 Å². The lowest BCUT2D eigenvalue weighted by Crippen LogP contribution is -2.48. The molecule has 2 aromatic rings. The summed E-state index contributed by atoms with van der Waals surface area (Å²) in [5, 5.41) is 7.00. The fourth-order valence-electron chi connectivity index (χ4n) is 2.70. The molecule has 1 atom stereocenters. The molecule has 1 unspecified atom stereocenters.